The molecular weight excluding hydrogens is 307 g/mol. The number of benzene rings is 1. The van der Waals surface area contributed by atoms with E-state index in [1.165, 1.54) is 18.2 Å². The van der Waals surface area contributed by atoms with E-state index in [2.05, 4.69) is 4.72 Å². The molecule has 0 aliphatic heterocycles. The molecule has 0 amide bonds. The Hall–Kier alpha value is -0.330. The van der Waals surface area contributed by atoms with Gasteiger partial charge >= 0.3 is 0 Å². The molecule has 1 saturated carbocycles. The number of hydrogen-bond donors (Lipinski definition) is 2. The molecule has 0 heterocycles. The summed E-state index contributed by atoms with van der Waals surface area (Å²) in [7, 11) is -3.68. The highest BCUT2D eigenvalue weighted by Crippen LogP contribution is 2.39. The van der Waals surface area contributed by atoms with Crippen LogP contribution in [0, 0.1) is 5.92 Å². The van der Waals surface area contributed by atoms with Crippen molar-refractivity contribution in [1.29, 1.82) is 0 Å². The van der Waals surface area contributed by atoms with Crippen LogP contribution in [0.15, 0.2) is 23.1 Å². The van der Waals surface area contributed by atoms with Gasteiger partial charge in [-0.2, -0.15) is 0 Å². The molecule has 0 spiro atoms. The smallest absolute Gasteiger partial charge is 0.241 e. The molecule has 0 radical (unpaired) electrons. The SMILES string of the molecule is CC(CN)(NS(=O)(=O)c1cc(Cl)cc(Cl)c1)C1CC1. The lowest BCUT2D eigenvalue weighted by atomic mass is 9.98. The van der Waals surface area contributed by atoms with Gasteiger partial charge in [-0.3, -0.25) is 0 Å². The van der Waals surface area contributed by atoms with Gasteiger partial charge in [-0.1, -0.05) is 23.2 Å². The molecule has 19 heavy (non-hydrogen) atoms. The van der Waals surface area contributed by atoms with Crippen LogP contribution in [0.25, 0.3) is 0 Å². The van der Waals surface area contributed by atoms with Gasteiger partial charge in [0.15, 0.2) is 0 Å². The van der Waals surface area contributed by atoms with Crippen LogP contribution in [-0.4, -0.2) is 20.5 Å². The average Bonchev–Trinajstić information content (AvgIpc) is 3.11. The van der Waals surface area contributed by atoms with E-state index in [0.29, 0.717) is 5.92 Å². The van der Waals surface area contributed by atoms with E-state index >= 15 is 0 Å². The first-order valence-corrected chi connectivity index (χ1v) is 8.21. The molecule has 1 aliphatic rings. The second-order valence-corrected chi connectivity index (χ2v) is 7.66. The molecule has 3 N–H and O–H groups in total. The summed E-state index contributed by atoms with van der Waals surface area (Å²) in [5.74, 6) is 0.293. The van der Waals surface area contributed by atoms with Crippen molar-refractivity contribution in [3.63, 3.8) is 0 Å². The number of sulfonamides is 1. The van der Waals surface area contributed by atoms with Crippen molar-refractivity contribution in [2.45, 2.75) is 30.2 Å². The lowest BCUT2D eigenvalue weighted by molar-refractivity contribution is 0.374. The van der Waals surface area contributed by atoms with Crippen molar-refractivity contribution in [2.24, 2.45) is 11.7 Å². The lowest BCUT2D eigenvalue weighted by Crippen LogP contribution is -2.52. The van der Waals surface area contributed by atoms with Crippen LogP contribution >= 0.6 is 23.2 Å². The Morgan fingerprint density at radius 3 is 2.26 bits per heavy atom. The molecule has 106 valence electrons. The molecule has 1 aromatic rings. The minimum atomic E-state index is -3.68. The van der Waals surface area contributed by atoms with Gasteiger partial charge in [-0.15, -0.1) is 0 Å². The number of nitrogens with two attached hydrogens (primary N) is 1. The molecule has 1 aliphatic carbocycles. The fraction of sp³-hybridized carbons (Fsp3) is 0.500. The van der Waals surface area contributed by atoms with Crippen molar-refractivity contribution in [1.82, 2.24) is 4.72 Å². The minimum absolute atomic E-state index is 0.0605. The highest BCUT2D eigenvalue weighted by atomic mass is 35.5. The number of halogens is 2. The Balaban J connectivity index is 2.31. The zero-order valence-corrected chi connectivity index (χ0v) is 12.8. The summed E-state index contributed by atoms with van der Waals surface area (Å²) < 4.78 is 27.4. The van der Waals surface area contributed by atoms with Crippen molar-refractivity contribution < 1.29 is 8.42 Å². The fourth-order valence-electron chi connectivity index (χ4n) is 2.06. The maximum Gasteiger partial charge on any atom is 0.241 e. The van der Waals surface area contributed by atoms with E-state index in [1.54, 1.807) is 0 Å². The molecule has 1 aromatic carbocycles. The van der Waals surface area contributed by atoms with Gasteiger partial charge < -0.3 is 5.73 Å². The summed E-state index contributed by atoms with van der Waals surface area (Å²) in [6.45, 7) is 2.08. The molecule has 4 nitrogen and oxygen atoms in total. The van der Waals surface area contributed by atoms with Gasteiger partial charge in [0.2, 0.25) is 10.0 Å². The van der Waals surface area contributed by atoms with E-state index in [0.717, 1.165) is 12.8 Å². The van der Waals surface area contributed by atoms with Crippen LogP contribution < -0.4 is 10.5 Å². The quantitative estimate of drug-likeness (QED) is 0.874. The second kappa shape index (κ2) is 5.22. The predicted molar refractivity (Wildman–Crippen MR) is 77.0 cm³/mol. The number of nitrogens with one attached hydrogen (secondary N) is 1. The van der Waals surface area contributed by atoms with E-state index in [-0.39, 0.29) is 21.5 Å². The Bertz CT molecular complexity index is 567. The van der Waals surface area contributed by atoms with E-state index in [1.807, 2.05) is 6.92 Å². The predicted octanol–water partition coefficient (Wildman–Crippen LogP) is 2.40. The van der Waals surface area contributed by atoms with E-state index < -0.39 is 15.6 Å². The lowest BCUT2D eigenvalue weighted by Gasteiger charge is -2.29. The van der Waals surface area contributed by atoms with Crippen molar-refractivity contribution >= 4 is 33.2 Å². The van der Waals surface area contributed by atoms with Gasteiger partial charge in [0.05, 0.1) is 4.90 Å². The molecule has 7 heteroatoms. The average molecular weight is 323 g/mol. The third-order valence-corrected chi connectivity index (χ3v) is 5.44. The van der Waals surface area contributed by atoms with Crippen LogP contribution in [0.3, 0.4) is 0 Å². The third kappa shape index (κ3) is 3.41. The van der Waals surface area contributed by atoms with Gasteiger partial charge in [0.25, 0.3) is 0 Å². The Morgan fingerprint density at radius 1 is 1.32 bits per heavy atom. The van der Waals surface area contributed by atoms with Crippen LogP contribution in [0.4, 0.5) is 0 Å². The summed E-state index contributed by atoms with van der Waals surface area (Å²) in [4.78, 5) is 0.0605. The van der Waals surface area contributed by atoms with Gasteiger partial charge in [0.1, 0.15) is 0 Å². The maximum atomic E-state index is 12.4. The van der Waals surface area contributed by atoms with Crippen LogP contribution in [0.2, 0.25) is 10.0 Å². The van der Waals surface area contributed by atoms with E-state index in [4.69, 9.17) is 28.9 Å². The van der Waals surface area contributed by atoms with E-state index in [9.17, 15) is 8.42 Å². The monoisotopic (exact) mass is 322 g/mol. The Kier molecular flexibility index (Phi) is 4.14. The van der Waals surface area contributed by atoms with Crippen molar-refractivity contribution in [2.75, 3.05) is 6.54 Å². The first kappa shape index (κ1) is 15.1. The standard InChI is InChI=1S/C12H16Cl2N2O2S/c1-12(7-15,8-2-3-8)16-19(17,18)11-5-9(13)4-10(14)6-11/h4-6,8,16H,2-3,7,15H2,1H3. The minimum Gasteiger partial charge on any atom is -0.329 e. The summed E-state index contributed by atoms with van der Waals surface area (Å²) in [6.07, 6.45) is 1.99. The highest BCUT2D eigenvalue weighted by molar-refractivity contribution is 7.89. The number of hydrogen-bond acceptors (Lipinski definition) is 3. The zero-order chi connectivity index (χ0) is 14.3. The van der Waals surface area contributed by atoms with Crippen LogP contribution in [-0.2, 0) is 10.0 Å². The first-order valence-electron chi connectivity index (χ1n) is 5.97. The second-order valence-electron chi connectivity index (χ2n) is 5.11. The molecular formula is C12H16Cl2N2O2S. The normalized spacial score (nSPS) is 19.2. The molecule has 0 bridgehead atoms. The zero-order valence-electron chi connectivity index (χ0n) is 10.5. The topological polar surface area (TPSA) is 72.2 Å². The number of rotatable bonds is 5. The summed E-state index contributed by atoms with van der Waals surface area (Å²) in [5, 5.41) is 0.572. The molecule has 0 saturated heterocycles. The maximum absolute atomic E-state index is 12.4. The van der Waals surface area contributed by atoms with Crippen LogP contribution in [0.1, 0.15) is 19.8 Å². The van der Waals surface area contributed by atoms with Crippen LogP contribution in [0.5, 0.6) is 0 Å². The van der Waals surface area contributed by atoms with Crippen molar-refractivity contribution in [3.8, 4) is 0 Å². The summed E-state index contributed by atoms with van der Waals surface area (Å²) in [5.41, 5.74) is 5.10. The molecule has 1 atom stereocenters. The third-order valence-electron chi connectivity index (χ3n) is 3.42. The van der Waals surface area contributed by atoms with Gasteiger partial charge in [0, 0.05) is 22.1 Å². The molecule has 1 fully saturated rings. The Labute approximate surface area is 123 Å². The Morgan fingerprint density at radius 2 is 1.84 bits per heavy atom. The van der Waals surface area contributed by atoms with Crippen molar-refractivity contribution in [3.05, 3.63) is 28.2 Å². The molecule has 0 aromatic heterocycles. The van der Waals surface area contributed by atoms with Gasteiger partial charge in [-0.25, -0.2) is 13.1 Å². The first-order chi connectivity index (χ1) is 8.77. The molecule has 1 unspecified atom stereocenters. The van der Waals surface area contributed by atoms with Gasteiger partial charge in [-0.05, 0) is 43.9 Å². The molecule has 2 rings (SSSR count). The highest BCUT2D eigenvalue weighted by Gasteiger charge is 2.43. The largest absolute Gasteiger partial charge is 0.329 e. The summed E-state index contributed by atoms with van der Waals surface area (Å²) >= 11 is 11.7. The summed E-state index contributed by atoms with van der Waals surface area (Å²) in [6, 6.07) is 4.24. The fourth-order valence-corrected chi connectivity index (χ4v) is 4.26.